The third-order valence-electron chi connectivity index (χ3n) is 6.01. The van der Waals surface area contributed by atoms with Gasteiger partial charge in [-0.05, 0) is 43.9 Å². The van der Waals surface area contributed by atoms with Gasteiger partial charge in [-0.2, -0.15) is 12.7 Å². The third kappa shape index (κ3) is 7.51. The molecular formula is C26H37FN4O4S. The van der Waals surface area contributed by atoms with Gasteiger partial charge in [-0.3, -0.25) is 9.59 Å². The zero-order valence-corrected chi connectivity index (χ0v) is 22.5. The molecule has 0 unspecified atom stereocenters. The smallest absolute Gasteiger partial charge is 0.304 e. The molecule has 2 aromatic rings. The molecule has 36 heavy (non-hydrogen) atoms. The lowest BCUT2D eigenvalue weighted by molar-refractivity contribution is -0.139. The monoisotopic (exact) mass is 520 g/mol. The number of nitrogens with one attached hydrogen (secondary N) is 1. The normalized spacial score (nSPS) is 13.2. The Bertz CT molecular complexity index is 1110. The van der Waals surface area contributed by atoms with Crippen LogP contribution in [0.1, 0.15) is 39.2 Å². The summed E-state index contributed by atoms with van der Waals surface area (Å²) in [7, 11) is -1.58. The lowest BCUT2D eigenvalue weighted by Gasteiger charge is -2.34. The van der Waals surface area contributed by atoms with Crippen LogP contribution >= 0.6 is 0 Å². The Hall–Kier alpha value is -2.98. The minimum atomic E-state index is -4.21. The number of rotatable bonds is 13. The van der Waals surface area contributed by atoms with Gasteiger partial charge in [-0.1, -0.05) is 56.3 Å². The van der Waals surface area contributed by atoms with Gasteiger partial charge in [0.15, 0.2) is 0 Å². The highest BCUT2D eigenvalue weighted by atomic mass is 32.2. The first-order valence-corrected chi connectivity index (χ1v) is 13.5. The maximum Gasteiger partial charge on any atom is 0.304 e. The van der Waals surface area contributed by atoms with Gasteiger partial charge in [0.25, 0.3) is 0 Å². The Morgan fingerprint density at radius 3 is 2.14 bits per heavy atom. The van der Waals surface area contributed by atoms with Crippen LogP contribution in [0.2, 0.25) is 0 Å². The summed E-state index contributed by atoms with van der Waals surface area (Å²) in [6.07, 6.45) is 1.53. The number of anilines is 1. The maximum atomic E-state index is 14.7. The molecule has 2 aromatic carbocycles. The van der Waals surface area contributed by atoms with Crippen molar-refractivity contribution in [3.8, 4) is 0 Å². The van der Waals surface area contributed by atoms with E-state index in [1.54, 1.807) is 6.92 Å². The second-order valence-corrected chi connectivity index (χ2v) is 10.9. The van der Waals surface area contributed by atoms with Crippen molar-refractivity contribution in [1.82, 2.24) is 14.5 Å². The largest absolute Gasteiger partial charge is 0.352 e. The number of para-hydroxylation sites is 1. The van der Waals surface area contributed by atoms with E-state index in [-0.39, 0.29) is 24.2 Å². The number of hydrogen-bond acceptors (Lipinski definition) is 4. The van der Waals surface area contributed by atoms with Gasteiger partial charge in [0, 0.05) is 26.7 Å². The molecule has 0 radical (unpaired) electrons. The Morgan fingerprint density at radius 2 is 1.58 bits per heavy atom. The fourth-order valence-electron chi connectivity index (χ4n) is 3.69. The van der Waals surface area contributed by atoms with E-state index in [9.17, 15) is 22.4 Å². The summed E-state index contributed by atoms with van der Waals surface area (Å²) in [5, 5.41) is 2.92. The van der Waals surface area contributed by atoms with E-state index in [2.05, 4.69) is 5.32 Å². The fourth-order valence-corrected chi connectivity index (χ4v) is 4.76. The number of carbonyl (C=O) groups is 2. The highest BCUT2D eigenvalue weighted by Crippen LogP contribution is 2.23. The van der Waals surface area contributed by atoms with Gasteiger partial charge in [-0.25, -0.2) is 8.70 Å². The number of hydrogen-bond donors (Lipinski definition) is 1. The number of benzene rings is 2. The summed E-state index contributed by atoms with van der Waals surface area (Å²) < 4.78 is 42.6. The van der Waals surface area contributed by atoms with E-state index in [1.807, 2.05) is 44.2 Å². The summed E-state index contributed by atoms with van der Waals surface area (Å²) in [6.45, 7) is 5.17. The van der Waals surface area contributed by atoms with Crippen molar-refractivity contribution >= 4 is 27.7 Å². The molecule has 2 atom stereocenters. The molecule has 8 nitrogen and oxygen atoms in total. The van der Waals surface area contributed by atoms with Crippen LogP contribution in [-0.4, -0.2) is 68.7 Å². The Labute approximate surface area is 214 Å². The Balaban J connectivity index is 2.44. The molecule has 0 aliphatic rings. The minimum Gasteiger partial charge on any atom is -0.352 e. The number of carbonyl (C=O) groups excluding carboxylic acids is 2. The minimum absolute atomic E-state index is 0.0818. The van der Waals surface area contributed by atoms with Crippen molar-refractivity contribution in [1.29, 1.82) is 0 Å². The van der Waals surface area contributed by atoms with Gasteiger partial charge in [0.1, 0.15) is 18.4 Å². The Morgan fingerprint density at radius 1 is 0.972 bits per heavy atom. The molecule has 2 amide bonds. The van der Waals surface area contributed by atoms with Crippen LogP contribution < -0.4 is 9.62 Å². The quantitative estimate of drug-likeness (QED) is 0.439. The molecule has 10 heteroatoms. The second kappa shape index (κ2) is 13.4. The van der Waals surface area contributed by atoms with Crippen LogP contribution in [0.25, 0.3) is 0 Å². The number of halogens is 1. The van der Waals surface area contributed by atoms with Crippen LogP contribution in [0.4, 0.5) is 10.1 Å². The molecule has 1 N–H and O–H groups in total. The molecule has 0 heterocycles. The second-order valence-electron chi connectivity index (χ2n) is 8.81. The van der Waals surface area contributed by atoms with Gasteiger partial charge in [0.2, 0.25) is 11.8 Å². The van der Waals surface area contributed by atoms with E-state index < -0.39 is 34.5 Å². The molecule has 0 aliphatic carbocycles. The molecule has 0 fully saturated rings. The predicted molar refractivity (Wildman–Crippen MR) is 140 cm³/mol. The molecule has 0 spiro atoms. The first-order valence-electron chi connectivity index (χ1n) is 12.1. The number of amides is 2. The highest BCUT2D eigenvalue weighted by Gasteiger charge is 2.34. The van der Waals surface area contributed by atoms with Crippen molar-refractivity contribution in [3.05, 3.63) is 66.0 Å². The van der Waals surface area contributed by atoms with Gasteiger partial charge in [0.05, 0.1) is 5.69 Å². The van der Waals surface area contributed by atoms with E-state index in [4.69, 9.17) is 0 Å². The van der Waals surface area contributed by atoms with Gasteiger partial charge >= 0.3 is 10.2 Å². The van der Waals surface area contributed by atoms with Crippen LogP contribution in [0.3, 0.4) is 0 Å². The summed E-state index contributed by atoms with van der Waals surface area (Å²) >= 11 is 0. The third-order valence-corrected chi connectivity index (χ3v) is 7.82. The van der Waals surface area contributed by atoms with E-state index in [0.717, 1.165) is 26.7 Å². The molecule has 0 aliphatic heterocycles. The summed E-state index contributed by atoms with van der Waals surface area (Å²) in [5.41, 5.74) is 0.735. The highest BCUT2D eigenvalue weighted by molar-refractivity contribution is 7.90. The van der Waals surface area contributed by atoms with Crippen LogP contribution in [-0.2, 0) is 26.2 Å². The standard InChI is InChI=1S/C26H37FN4O4S/c1-6-20(3)28-26(33)23(7-2)30(18-17-21-13-9-8-10-14-21)25(32)19-31(36(34,35)29(4)5)24-16-12-11-15-22(24)27/h8-16,20,23H,6-7,17-19H2,1-5H3,(H,28,33)/t20-,23-/m1/s1. The molecule has 0 aromatic heterocycles. The average molecular weight is 521 g/mol. The fraction of sp³-hybridized carbons (Fsp3) is 0.462. The molecule has 2 rings (SSSR count). The zero-order chi connectivity index (χ0) is 26.9. The van der Waals surface area contributed by atoms with E-state index >= 15 is 0 Å². The molecular weight excluding hydrogens is 483 g/mol. The van der Waals surface area contributed by atoms with E-state index in [0.29, 0.717) is 12.8 Å². The molecule has 0 saturated heterocycles. The first-order chi connectivity index (χ1) is 17.0. The summed E-state index contributed by atoms with van der Waals surface area (Å²) in [6, 6.07) is 14.0. The molecule has 0 bridgehead atoms. The lowest BCUT2D eigenvalue weighted by atomic mass is 10.1. The van der Waals surface area contributed by atoms with E-state index in [1.165, 1.54) is 37.2 Å². The summed E-state index contributed by atoms with van der Waals surface area (Å²) in [4.78, 5) is 28.2. The lowest BCUT2D eigenvalue weighted by Crippen LogP contribution is -2.55. The molecule has 198 valence electrons. The van der Waals surface area contributed by atoms with Crippen molar-refractivity contribution in [3.63, 3.8) is 0 Å². The van der Waals surface area contributed by atoms with Crippen LogP contribution in [0, 0.1) is 5.82 Å². The first kappa shape index (κ1) is 29.3. The molecule has 0 saturated carbocycles. The topological polar surface area (TPSA) is 90.0 Å². The van der Waals surface area contributed by atoms with Crippen molar-refractivity contribution in [2.75, 3.05) is 31.5 Å². The predicted octanol–water partition coefficient (Wildman–Crippen LogP) is 3.20. The zero-order valence-electron chi connectivity index (χ0n) is 21.6. The average Bonchev–Trinajstić information content (AvgIpc) is 2.85. The Kier molecular flexibility index (Phi) is 10.9. The number of nitrogens with zero attached hydrogens (tertiary/aromatic N) is 3. The van der Waals surface area contributed by atoms with Crippen LogP contribution in [0.15, 0.2) is 54.6 Å². The maximum absolute atomic E-state index is 14.7. The van der Waals surface area contributed by atoms with Crippen molar-refractivity contribution in [2.45, 2.75) is 52.1 Å². The summed E-state index contributed by atoms with van der Waals surface area (Å²) in [5.74, 6) is -1.67. The van der Waals surface area contributed by atoms with Crippen molar-refractivity contribution in [2.24, 2.45) is 0 Å². The van der Waals surface area contributed by atoms with Gasteiger partial charge in [-0.15, -0.1) is 0 Å². The van der Waals surface area contributed by atoms with Crippen LogP contribution in [0.5, 0.6) is 0 Å². The van der Waals surface area contributed by atoms with Gasteiger partial charge < -0.3 is 10.2 Å². The van der Waals surface area contributed by atoms with Crippen molar-refractivity contribution < 1.29 is 22.4 Å². The SMILES string of the molecule is CC[C@@H](C)NC(=O)[C@@H](CC)N(CCc1ccccc1)C(=O)CN(c1ccccc1F)S(=O)(=O)N(C)C.